The lowest BCUT2D eigenvalue weighted by Gasteiger charge is -2.12. The van der Waals surface area contributed by atoms with Gasteiger partial charge in [0, 0.05) is 23.0 Å². The highest BCUT2D eigenvalue weighted by atomic mass is 79.9. The Bertz CT molecular complexity index is 928. The fourth-order valence-electron chi connectivity index (χ4n) is 2.99. The molecule has 0 spiro atoms. The number of ether oxygens (including phenoxy) is 1. The highest BCUT2D eigenvalue weighted by Crippen LogP contribution is 2.31. The molecule has 4 rings (SSSR count). The first kappa shape index (κ1) is 18.3. The molecule has 2 aromatic carbocycles. The minimum atomic E-state index is -0.206. The van der Waals surface area contributed by atoms with Crippen molar-refractivity contribution >= 4 is 33.7 Å². The molecule has 27 heavy (non-hydrogen) atoms. The lowest BCUT2D eigenvalue weighted by Crippen LogP contribution is -2.12. The number of hydrogen-bond acceptors (Lipinski definition) is 5. The van der Waals surface area contributed by atoms with Gasteiger partial charge in [0.1, 0.15) is 5.25 Å². The quantitative estimate of drug-likeness (QED) is 0.529. The molecule has 3 aromatic rings. The van der Waals surface area contributed by atoms with E-state index >= 15 is 0 Å². The van der Waals surface area contributed by atoms with E-state index in [1.165, 1.54) is 17.3 Å². The Kier molecular flexibility index (Phi) is 5.59. The highest BCUT2D eigenvalue weighted by Gasteiger charge is 2.30. The fraction of sp³-hybridized carbons (Fsp3) is 0.250. The maximum atomic E-state index is 11.9. The first-order valence-electron chi connectivity index (χ1n) is 8.77. The van der Waals surface area contributed by atoms with E-state index in [2.05, 4.69) is 42.8 Å². The van der Waals surface area contributed by atoms with Crippen LogP contribution in [0.25, 0.3) is 11.4 Å². The van der Waals surface area contributed by atoms with E-state index in [1.54, 1.807) is 0 Å². The standard InChI is InChI=1S/C20H18BrN3O2S/c21-16-8-6-15(7-9-16)18-22-23-20(27-17-11-13-26-19(17)25)24(18)12-10-14-4-2-1-3-5-14/h1-9,17H,10-13H2/t17-/m1/s1. The van der Waals surface area contributed by atoms with Crippen LogP contribution in [0.4, 0.5) is 0 Å². The van der Waals surface area contributed by atoms with Crippen LogP contribution >= 0.6 is 27.7 Å². The van der Waals surface area contributed by atoms with Gasteiger partial charge in [0.25, 0.3) is 0 Å². The van der Waals surface area contributed by atoms with E-state index in [4.69, 9.17) is 4.74 Å². The van der Waals surface area contributed by atoms with E-state index in [-0.39, 0.29) is 11.2 Å². The number of nitrogens with zero attached hydrogens (tertiary/aromatic N) is 3. The summed E-state index contributed by atoms with van der Waals surface area (Å²) in [6, 6.07) is 18.4. The van der Waals surface area contributed by atoms with Gasteiger partial charge < -0.3 is 9.30 Å². The number of thioether (sulfide) groups is 1. The number of carbonyl (C=O) groups is 1. The second-order valence-corrected chi connectivity index (χ2v) is 8.35. The molecule has 5 nitrogen and oxygen atoms in total. The van der Waals surface area contributed by atoms with Crippen LogP contribution in [0.1, 0.15) is 12.0 Å². The highest BCUT2D eigenvalue weighted by molar-refractivity contribution is 9.10. The van der Waals surface area contributed by atoms with Gasteiger partial charge in [0.2, 0.25) is 0 Å². The molecule has 1 saturated heterocycles. The smallest absolute Gasteiger partial charge is 0.319 e. The Hall–Kier alpha value is -2.12. The molecule has 1 aliphatic rings. The zero-order valence-corrected chi connectivity index (χ0v) is 16.9. The van der Waals surface area contributed by atoms with Gasteiger partial charge in [0.05, 0.1) is 6.61 Å². The number of hydrogen-bond donors (Lipinski definition) is 0. The summed E-state index contributed by atoms with van der Waals surface area (Å²) in [4.78, 5) is 11.9. The summed E-state index contributed by atoms with van der Waals surface area (Å²) in [7, 11) is 0. The number of esters is 1. The third-order valence-electron chi connectivity index (χ3n) is 4.42. The minimum Gasteiger partial charge on any atom is -0.465 e. The Balaban J connectivity index is 1.63. The third kappa shape index (κ3) is 4.25. The van der Waals surface area contributed by atoms with Gasteiger partial charge in [-0.15, -0.1) is 10.2 Å². The molecular formula is C20H18BrN3O2S. The molecule has 0 saturated carbocycles. The number of rotatable bonds is 6. The van der Waals surface area contributed by atoms with Crippen molar-refractivity contribution in [3.63, 3.8) is 0 Å². The van der Waals surface area contributed by atoms with Gasteiger partial charge in [-0.1, -0.05) is 70.2 Å². The zero-order valence-electron chi connectivity index (χ0n) is 14.5. The molecule has 0 aliphatic carbocycles. The maximum Gasteiger partial charge on any atom is 0.319 e. The van der Waals surface area contributed by atoms with Crippen molar-refractivity contribution in [1.29, 1.82) is 0 Å². The normalized spacial score (nSPS) is 16.5. The summed E-state index contributed by atoms with van der Waals surface area (Å²) in [5.74, 6) is 0.648. The lowest BCUT2D eigenvalue weighted by molar-refractivity contribution is -0.137. The van der Waals surface area contributed by atoms with Crippen LogP contribution in [-0.2, 0) is 22.5 Å². The van der Waals surface area contributed by atoms with Crippen molar-refractivity contribution in [2.75, 3.05) is 6.61 Å². The molecule has 138 valence electrons. The van der Waals surface area contributed by atoms with Crippen LogP contribution in [0, 0.1) is 0 Å². The summed E-state index contributed by atoms with van der Waals surface area (Å²) in [6.45, 7) is 1.22. The number of aryl methyl sites for hydroxylation is 1. The second-order valence-electron chi connectivity index (χ2n) is 6.26. The predicted molar refractivity (Wildman–Crippen MR) is 109 cm³/mol. The van der Waals surface area contributed by atoms with Gasteiger partial charge in [-0.25, -0.2) is 0 Å². The summed E-state index contributed by atoms with van der Waals surface area (Å²) in [6.07, 6.45) is 1.58. The third-order valence-corrected chi connectivity index (χ3v) is 6.18. The number of benzene rings is 2. The van der Waals surface area contributed by atoms with Crippen LogP contribution in [-0.4, -0.2) is 32.6 Å². The molecule has 0 N–H and O–H groups in total. The van der Waals surface area contributed by atoms with E-state index < -0.39 is 0 Å². The number of halogens is 1. The molecule has 1 fully saturated rings. The largest absolute Gasteiger partial charge is 0.465 e. The molecule has 1 aliphatic heterocycles. The Labute approximate surface area is 170 Å². The van der Waals surface area contributed by atoms with Crippen LogP contribution < -0.4 is 0 Å². The minimum absolute atomic E-state index is 0.164. The molecule has 0 amide bonds. The molecule has 1 atom stereocenters. The molecule has 0 radical (unpaired) electrons. The zero-order chi connectivity index (χ0) is 18.6. The Morgan fingerprint density at radius 3 is 2.59 bits per heavy atom. The van der Waals surface area contributed by atoms with Crippen molar-refractivity contribution in [2.45, 2.75) is 29.8 Å². The van der Waals surface area contributed by atoms with Crippen molar-refractivity contribution < 1.29 is 9.53 Å². The summed E-state index contributed by atoms with van der Waals surface area (Å²) in [5, 5.41) is 9.35. The van der Waals surface area contributed by atoms with Gasteiger partial charge in [-0.05, 0) is 24.1 Å². The topological polar surface area (TPSA) is 57.0 Å². The molecule has 0 unspecified atom stereocenters. The first-order valence-corrected chi connectivity index (χ1v) is 10.4. The number of cyclic esters (lactones) is 1. The fourth-order valence-corrected chi connectivity index (χ4v) is 4.28. The molecule has 2 heterocycles. The van der Waals surface area contributed by atoms with Crippen LogP contribution in [0.3, 0.4) is 0 Å². The maximum absolute atomic E-state index is 11.9. The lowest BCUT2D eigenvalue weighted by atomic mass is 10.1. The molecule has 0 bridgehead atoms. The SMILES string of the molecule is O=C1OCC[C@H]1Sc1nnc(-c2ccc(Br)cc2)n1CCc1ccccc1. The number of carbonyl (C=O) groups excluding carboxylic acids is 1. The van der Waals surface area contributed by atoms with Crippen LogP contribution in [0.15, 0.2) is 64.2 Å². The second kappa shape index (κ2) is 8.27. The van der Waals surface area contributed by atoms with Gasteiger partial charge in [-0.2, -0.15) is 0 Å². The molecular weight excluding hydrogens is 426 g/mol. The van der Waals surface area contributed by atoms with Gasteiger partial charge in [0.15, 0.2) is 11.0 Å². The monoisotopic (exact) mass is 443 g/mol. The molecule has 1 aromatic heterocycles. The Morgan fingerprint density at radius 1 is 1.11 bits per heavy atom. The van der Waals surface area contributed by atoms with Crippen molar-refractivity contribution in [3.05, 3.63) is 64.6 Å². The van der Waals surface area contributed by atoms with Gasteiger partial charge >= 0.3 is 5.97 Å². The molecule has 7 heteroatoms. The van der Waals surface area contributed by atoms with Crippen LogP contribution in [0.5, 0.6) is 0 Å². The first-order chi connectivity index (χ1) is 13.2. The summed E-state index contributed by atoms with van der Waals surface area (Å²) in [5.41, 5.74) is 2.25. The van der Waals surface area contributed by atoms with Crippen molar-refractivity contribution in [1.82, 2.24) is 14.8 Å². The van der Waals surface area contributed by atoms with Crippen molar-refractivity contribution in [3.8, 4) is 11.4 Å². The van der Waals surface area contributed by atoms with Crippen LogP contribution in [0.2, 0.25) is 0 Å². The van der Waals surface area contributed by atoms with E-state index in [0.717, 1.165) is 34.0 Å². The van der Waals surface area contributed by atoms with E-state index in [9.17, 15) is 4.79 Å². The summed E-state index contributed by atoms with van der Waals surface area (Å²) < 4.78 is 8.21. The number of aromatic nitrogens is 3. The summed E-state index contributed by atoms with van der Waals surface area (Å²) >= 11 is 4.91. The average Bonchev–Trinajstić information content (AvgIpc) is 3.28. The average molecular weight is 444 g/mol. The predicted octanol–water partition coefficient (Wildman–Crippen LogP) is 4.36. The Morgan fingerprint density at radius 2 is 1.89 bits per heavy atom. The van der Waals surface area contributed by atoms with E-state index in [0.29, 0.717) is 13.0 Å². The van der Waals surface area contributed by atoms with Gasteiger partial charge in [-0.3, -0.25) is 4.79 Å². The van der Waals surface area contributed by atoms with Crippen molar-refractivity contribution in [2.24, 2.45) is 0 Å². The van der Waals surface area contributed by atoms with E-state index in [1.807, 2.05) is 42.5 Å².